The molecule has 1 fully saturated rings. The lowest BCUT2D eigenvalue weighted by Gasteiger charge is -2.45. The van der Waals surface area contributed by atoms with Gasteiger partial charge in [0.2, 0.25) is 0 Å². The molecule has 0 saturated carbocycles. The molecule has 0 radical (unpaired) electrons. The molecule has 1 aliphatic heterocycles. The third kappa shape index (κ3) is 31.6. The van der Waals surface area contributed by atoms with Gasteiger partial charge in [-0.1, -0.05) is 0 Å². The molecule has 0 spiro atoms. The predicted octanol–water partition coefficient (Wildman–Crippen LogP) is 0.483. The summed E-state index contributed by atoms with van der Waals surface area (Å²) in [5.74, 6) is -0.929. The van der Waals surface area contributed by atoms with Crippen molar-refractivity contribution in [2.45, 2.75) is 43.5 Å². The van der Waals surface area contributed by atoms with E-state index in [4.69, 9.17) is 85.3 Å². The first-order chi connectivity index (χ1) is 28.6. The van der Waals surface area contributed by atoms with Crippen molar-refractivity contribution in [2.75, 3.05) is 200 Å². The number of hydrogen-bond acceptors (Lipinski definition) is 19. The van der Waals surface area contributed by atoms with Crippen LogP contribution in [0.4, 0.5) is 0 Å². The molecule has 1 heterocycles. The van der Waals surface area contributed by atoms with Crippen LogP contribution in [0.2, 0.25) is 0 Å². The first-order valence-corrected chi connectivity index (χ1v) is 20.1. The quantitative estimate of drug-likeness (QED) is 0.0828. The molecule has 346 valence electrons. The number of rotatable bonds is 46. The zero-order valence-electron chi connectivity index (χ0n) is 35.4. The Balaban J connectivity index is 3.06. The van der Waals surface area contributed by atoms with E-state index in [-0.39, 0.29) is 72.3 Å². The highest BCUT2D eigenvalue weighted by molar-refractivity contribution is 5.66. The molecule has 5 atom stereocenters. The van der Waals surface area contributed by atoms with Gasteiger partial charge in [-0.15, -0.1) is 0 Å². The van der Waals surface area contributed by atoms with E-state index in [1.807, 2.05) is 0 Å². The molecule has 0 aromatic heterocycles. The summed E-state index contributed by atoms with van der Waals surface area (Å²) < 4.78 is 103. The van der Waals surface area contributed by atoms with Crippen LogP contribution >= 0.6 is 0 Å². The van der Waals surface area contributed by atoms with Crippen molar-refractivity contribution in [3.8, 4) is 0 Å². The van der Waals surface area contributed by atoms with E-state index in [2.05, 4.69) is 0 Å². The highest BCUT2D eigenvalue weighted by Gasteiger charge is 2.49. The minimum absolute atomic E-state index is 0.0713. The molecular formula is C38H74O20. The van der Waals surface area contributed by atoms with Crippen LogP contribution in [0.3, 0.4) is 0 Å². The van der Waals surface area contributed by atoms with Gasteiger partial charge in [0.05, 0.1) is 172 Å². The molecule has 20 nitrogen and oxygen atoms in total. The molecule has 0 bridgehead atoms. The molecule has 20 heteroatoms. The van der Waals surface area contributed by atoms with Crippen LogP contribution in [0.25, 0.3) is 0 Å². The number of carbonyl (C=O) groups is 1. The Kier molecular flexibility index (Phi) is 40.1. The number of hydrogen-bond donors (Lipinski definition) is 1. The largest absolute Gasteiger partial charge is 0.481 e. The van der Waals surface area contributed by atoms with Gasteiger partial charge in [0, 0.05) is 34.9 Å². The van der Waals surface area contributed by atoms with E-state index in [0.717, 1.165) is 0 Å². The van der Waals surface area contributed by atoms with Crippen LogP contribution in [0.1, 0.15) is 12.8 Å². The third-order valence-electron chi connectivity index (χ3n) is 7.89. The Morgan fingerprint density at radius 1 is 0.397 bits per heavy atom. The Morgan fingerprint density at radius 2 is 0.724 bits per heavy atom. The van der Waals surface area contributed by atoms with Crippen LogP contribution in [-0.2, 0) is 90.1 Å². The average molecular weight is 851 g/mol. The lowest BCUT2D eigenvalue weighted by Crippen LogP contribution is -2.62. The van der Waals surface area contributed by atoms with Crippen LogP contribution in [0, 0.1) is 0 Å². The summed E-state index contributed by atoms with van der Waals surface area (Å²) in [6.45, 7) is 9.25. The fourth-order valence-corrected chi connectivity index (χ4v) is 5.04. The molecule has 1 N–H and O–H groups in total. The van der Waals surface area contributed by atoms with Gasteiger partial charge in [-0.2, -0.15) is 0 Å². The van der Waals surface area contributed by atoms with Crippen molar-refractivity contribution in [3.63, 3.8) is 0 Å². The second-order valence-electron chi connectivity index (χ2n) is 12.4. The normalized spacial score (nSPS) is 19.6. The second-order valence-corrected chi connectivity index (χ2v) is 12.4. The summed E-state index contributed by atoms with van der Waals surface area (Å²) in [6.07, 6.45) is -3.68. The van der Waals surface area contributed by atoms with Gasteiger partial charge in [0.15, 0.2) is 6.29 Å². The van der Waals surface area contributed by atoms with E-state index >= 15 is 0 Å². The molecule has 3 unspecified atom stereocenters. The Hall–Kier alpha value is -1.25. The minimum Gasteiger partial charge on any atom is -0.481 e. The van der Waals surface area contributed by atoms with Gasteiger partial charge in [0.25, 0.3) is 0 Å². The summed E-state index contributed by atoms with van der Waals surface area (Å²) in [4.78, 5) is 11.3. The summed E-state index contributed by atoms with van der Waals surface area (Å²) in [5.41, 5.74) is 0. The Morgan fingerprint density at radius 3 is 1.10 bits per heavy atom. The highest BCUT2D eigenvalue weighted by Crippen LogP contribution is 2.29. The van der Waals surface area contributed by atoms with E-state index in [1.54, 1.807) is 28.4 Å². The first-order valence-electron chi connectivity index (χ1n) is 20.1. The molecule has 0 amide bonds. The zero-order valence-corrected chi connectivity index (χ0v) is 35.4. The van der Waals surface area contributed by atoms with Gasteiger partial charge in [-0.05, 0) is 6.42 Å². The third-order valence-corrected chi connectivity index (χ3v) is 7.89. The SMILES string of the molecule is COCCOCCOCCOCC1O[C@@H](OCCCC(=O)O)C(OCCOCCOCCOC)[C@@H](OCCOCCOCCOC)C1OCCOCCOCCOC. The lowest BCUT2D eigenvalue weighted by atomic mass is 9.98. The molecule has 0 aromatic carbocycles. The van der Waals surface area contributed by atoms with Gasteiger partial charge in [-0.25, -0.2) is 0 Å². The maximum atomic E-state index is 11.3. The highest BCUT2D eigenvalue weighted by atomic mass is 16.7. The van der Waals surface area contributed by atoms with Crippen LogP contribution < -0.4 is 0 Å². The van der Waals surface area contributed by atoms with E-state index in [1.165, 1.54) is 0 Å². The van der Waals surface area contributed by atoms with Crippen molar-refractivity contribution in [1.29, 1.82) is 0 Å². The first kappa shape index (κ1) is 54.8. The lowest BCUT2D eigenvalue weighted by molar-refractivity contribution is -0.325. The van der Waals surface area contributed by atoms with Crippen molar-refractivity contribution >= 4 is 5.97 Å². The number of methoxy groups -OCH3 is 4. The van der Waals surface area contributed by atoms with Crippen molar-refractivity contribution in [1.82, 2.24) is 0 Å². The minimum atomic E-state index is -0.958. The molecule has 58 heavy (non-hydrogen) atoms. The number of carboxylic acids is 1. The second kappa shape index (κ2) is 42.4. The van der Waals surface area contributed by atoms with Crippen LogP contribution in [0.5, 0.6) is 0 Å². The van der Waals surface area contributed by atoms with Crippen LogP contribution in [0.15, 0.2) is 0 Å². The molecule has 0 aromatic rings. The number of ether oxygens (including phenoxy) is 18. The molecule has 1 rings (SSSR count). The standard InChI is InChI=1S/C38H74O20/c1-41-8-12-45-16-20-49-24-25-53-32-33-35(54-29-26-50-21-17-46-13-9-42-2)36(55-30-27-51-22-18-47-14-10-43-3)37(38(58-33)57-7-5-6-34(39)40)56-31-28-52-23-19-48-15-11-44-4/h33,35-38H,5-32H2,1-4H3,(H,39,40)/t33?,35?,36-,37?,38+/m0/s1. The fraction of sp³-hybridized carbons (Fsp3) is 0.974. The summed E-state index contributed by atoms with van der Waals surface area (Å²) in [6, 6.07) is 0. The predicted molar refractivity (Wildman–Crippen MR) is 206 cm³/mol. The maximum absolute atomic E-state index is 11.3. The van der Waals surface area contributed by atoms with Gasteiger partial charge in [-0.3, -0.25) is 4.79 Å². The van der Waals surface area contributed by atoms with E-state index < -0.39 is 36.7 Å². The van der Waals surface area contributed by atoms with Crippen molar-refractivity contribution in [3.05, 3.63) is 0 Å². The zero-order chi connectivity index (χ0) is 42.0. The van der Waals surface area contributed by atoms with Gasteiger partial charge in [0.1, 0.15) is 24.4 Å². The molecule has 1 saturated heterocycles. The van der Waals surface area contributed by atoms with E-state index in [0.29, 0.717) is 112 Å². The summed E-state index contributed by atoms with van der Waals surface area (Å²) in [7, 11) is 6.46. The van der Waals surface area contributed by atoms with Gasteiger partial charge < -0.3 is 90.4 Å². The van der Waals surface area contributed by atoms with Gasteiger partial charge >= 0.3 is 5.97 Å². The number of carboxylic acid groups (broad SMARTS) is 1. The summed E-state index contributed by atoms with van der Waals surface area (Å²) in [5, 5.41) is 9.23. The van der Waals surface area contributed by atoms with Crippen LogP contribution in [-0.4, -0.2) is 242 Å². The molecule has 1 aliphatic rings. The topological polar surface area (TPSA) is 203 Å². The Bertz CT molecular complexity index is 863. The maximum Gasteiger partial charge on any atom is 0.303 e. The fourth-order valence-electron chi connectivity index (χ4n) is 5.04. The molecule has 0 aliphatic carbocycles. The summed E-state index contributed by atoms with van der Waals surface area (Å²) >= 11 is 0. The average Bonchev–Trinajstić information content (AvgIpc) is 3.22. The van der Waals surface area contributed by atoms with Crippen molar-refractivity contribution in [2.24, 2.45) is 0 Å². The molecular weight excluding hydrogens is 776 g/mol. The van der Waals surface area contributed by atoms with E-state index in [9.17, 15) is 9.90 Å². The smallest absolute Gasteiger partial charge is 0.303 e. The number of aliphatic carboxylic acids is 1. The van der Waals surface area contributed by atoms with Crippen molar-refractivity contribution < 1.29 is 95.2 Å². The Labute approximate surface area is 344 Å². The monoisotopic (exact) mass is 850 g/mol.